The second-order valence-electron chi connectivity index (χ2n) is 9.88. The lowest BCUT2D eigenvalue weighted by Gasteiger charge is -2.23. The van der Waals surface area contributed by atoms with E-state index in [0.29, 0.717) is 23.2 Å². The molecule has 5 aromatic rings. The number of hydrogen-bond donors (Lipinski definition) is 1. The minimum absolute atomic E-state index is 0.0530. The van der Waals surface area contributed by atoms with Crippen LogP contribution in [0.15, 0.2) is 85.1 Å². The Bertz CT molecular complexity index is 1710. The molecule has 2 aromatic heterocycles. The molecule has 0 aliphatic heterocycles. The molecule has 2 amide bonds. The molecule has 8 heteroatoms. The van der Waals surface area contributed by atoms with E-state index >= 15 is 0 Å². The number of aryl methyl sites for hydroxylation is 1. The molecule has 194 valence electrons. The molecule has 3 aromatic carbocycles. The van der Waals surface area contributed by atoms with Crippen molar-refractivity contribution in [3.63, 3.8) is 0 Å². The third-order valence-corrected chi connectivity index (χ3v) is 7.07. The van der Waals surface area contributed by atoms with Crippen molar-refractivity contribution in [2.45, 2.75) is 32.2 Å². The number of halogens is 1. The van der Waals surface area contributed by atoms with Crippen molar-refractivity contribution >= 4 is 23.0 Å². The Morgan fingerprint density at radius 2 is 1.77 bits per heavy atom. The van der Waals surface area contributed by atoms with Crippen LogP contribution in [0, 0.1) is 12.7 Å². The lowest BCUT2D eigenvalue weighted by molar-refractivity contribution is 0.0981. The van der Waals surface area contributed by atoms with Crippen LogP contribution in [-0.2, 0) is 6.42 Å². The van der Waals surface area contributed by atoms with Crippen LogP contribution < -0.4 is 10.6 Å². The molecule has 1 aliphatic carbocycles. The highest BCUT2D eigenvalue weighted by Gasteiger charge is 2.34. The first-order valence-electron chi connectivity index (χ1n) is 12.8. The highest BCUT2D eigenvalue weighted by molar-refractivity contribution is 6.07. The van der Waals surface area contributed by atoms with E-state index in [4.69, 9.17) is 5.73 Å². The predicted molar refractivity (Wildman–Crippen MR) is 147 cm³/mol. The Morgan fingerprint density at radius 1 is 1.03 bits per heavy atom. The number of amides is 2. The standard InChI is InChI=1S/C31H26FN5O2/c1-19-7-10-21(31(39)36(25-13-14-25)24-5-3-2-4-6-24)16-26(19)22-17-28-29(30(33)38)27(35-37(28)34-18-22)15-20-8-11-23(32)12-9-20/h2-12,16-18,25H,13-15H2,1H3,(H2,33,38). The summed E-state index contributed by atoms with van der Waals surface area (Å²) in [5.41, 5.74) is 11.8. The summed E-state index contributed by atoms with van der Waals surface area (Å²) in [4.78, 5) is 28.1. The Kier molecular flexibility index (Phi) is 6.15. The normalized spacial score (nSPS) is 13.0. The fraction of sp³-hybridized carbons (Fsp3) is 0.161. The fourth-order valence-electron chi connectivity index (χ4n) is 4.94. The number of primary amides is 1. The van der Waals surface area contributed by atoms with Crippen molar-refractivity contribution in [2.75, 3.05) is 4.90 Å². The molecule has 0 unspecified atom stereocenters. The number of carbonyl (C=O) groups excluding carboxylic acids is 2. The first kappa shape index (κ1) is 24.5. The first-order valence-corrected chi connectivity index (χ1v) is 12.8. The molecule has 6 rings (SSSR count). The number of carbonyl (C=O) groups is 2. The molecule has 1 fully saturated rings. The zero-order valence-corrected chi connectivity index (χ0v) is 21.3. The van der Waals surface area contributed by atoms with E-state index in [-0.39, 0.29) is 23.3 Å². The third-order valence-electron chi connectivity index (χ3n) is 7.07. The van der Waals surface area contributed by atoms with Gasteiger partial charge in [0, 0.05) is 29.3 Å². The van der Waals surface area contributed by atoms with E-state index in [2.05, 4.69) is 10.2 Å². The quantitative estimate of drug-likeness (QED) is 0.314. The van der Waals surface area contributed by atoms with Crippen LogP contribution in [0.4, 0.5) is 10.1 Å². The van der Waals surface area contributed by atoms with Crippen molar-refractivity contribution < 1.29 is 14.0 Å². The van der Waals surface area contributed by atoms with E-state index in [1.54, 1.807) is 18.3 Å². The van der Waals surface area contributed by atoms with Crippen molar-refractivity contribution in [1.29, 1.82) is 0 Å². The molecule has 0 atom stereocenters. The molecular weight excluding hydrogens is 493 g/mol. The van der Waals surface area contributed by atoms with Crippen LogP contribution in [-0.4, -0.2) is 32.7 Å². The van der Waals surface area contributed by atoms with Gasteiger partial charge in [-0.2, -0.15) is 14.8 Å². The molecule has 1 saturated carbocycles. The van der Waals surface area contributed by atoms with Gasteiger partial charge >= 0.3 is 0 Å². The minimum Gasteiger partial charge on any atom is -0.365 e. The molecule has 0 saturated heterocycles. The minimum atomic E-state index is -0.621. The highest BCUT2D eigenvalue weighted by atomic mass is 19.1. The molecule has 7 nitrogen and oxygen atoms in total. The SMILES string of the molecule is Cc1ccc(C(=O)N(c2ccccc2)C2CC2)cc1-c1cnn2nc(Cc3ccc(F)cc3)c(C(N)=O)c2c1. The maximum absolute atomic E-state index is 13.7. The second kappa shape index (κ2) is 9.79. The molecular formula is C31H26FN5O2. The molecule has 0 radical (unpaired) electrons. The smallest absolute Gasteiger partial charge is 0.258 e. The van der Waals surface area contributed by atoms with Crippen molar-refractivity contribution in [3.05, 3.63) is 119 Å². The predicted octanol–water partition coefficient (Wildman–Crippen LogP) is 5.34. The van der Waals surface area contributed by atoms with Crippen molar-refractivity contribution in [1.82, 2.24) is 14.8 Å². The van der Waals surface area contributed by atoms with Gasteiger partial charge < -0.3 is 10.6 Å². The van der Waals surface area contributed by atoms with Crippen LogP contribution in [0.3, 0.4) is 0 Å². The van der Waals surface area contributed by atoms with Gasteiger partial charge in [-0.1, -0.05) is 36.4 Å². The summed E-state index contributed by atoms with van der Waals surface area (Å²) in [6.07, 6.45) is 3.93. The summed E-state index contributed by atoms with van der Waals surface area (Å²) >= 11 is 0. The maximum Gasteiger partial charge on any atom is 0.258 e. The number of rotatable bonds is 7. The molecule has 2 N–H and O–H groups in total. The topological polar surface area (TPSA) is 93.6 Å². The third kappa shape index (κ3) is 4.77. The summed E-state index contributed by atoms with van der Waals surface area (Å²) in [7, 11) is 0. The first-order chi connectivity index (χ1) is 18.9. The van der Waals surface area contributed by atoms with Crippen LogP contribution in [0.1, 0.15) is 50.4 Å². The molecule has 2 heterocycles. The van der Waals surface area contributed by atoms with Crippen LogP contribution in [0.25, 0.3) is 16.6 Å². The Hall–Kier alpha value is -4.85. The Balaban J connectivity index is 1.39. The maximum atomic E-state index is 13.7. The van der Waals surface area contributed by atoms with Gasteiger partial charge in [-0.25, -0.2) is 4.39 Å². The Morgan fingerprint density at radius 3 is 2.46 bits per heavy atom. The number of benzene rings is 3. The van der Waals surface area contributed by atoms with Gasteiger partial charge in [-0.15, -0.1) is 0 Å². The number of anilines is 1. The van der Waals surface area contributed by atoms with Gasteiger partial charge in [0.25, 0.3) is 11.8 Å². The molecule has 0 bridgehead atoms. The summed E-state index contributed by atoms with van der Waals surface area (Å²) in [5.74, 6) is -1.01. The number of hydrogen-bond acceptors (Lipinski definition) is 4. The lowest BCUT2D eigenvalue weighted by atomic mass is 9.98. The molecule has 0 spiro atoms. The monoisotopic (exact) mass is 519 g/mol. The van der Waals surface area contributed by atoms with Crippen LogP contribution in [0.2, 0.25) is 0 Å². The van der Waals surface area contributed by atoms with Crippen molar-refractivity contribution in [2.24, 2.45) is 5.73 Å². The van der Waals surface area contributed by atoms with Gasteiger partial charge in [0.05, 0.1) is 17.5 Å². The second-order valence-corrected chi connectivity index (χ2v) is 9.88. The average molecular weight is 520 g/mol. The van der Waals surface area contributed by atoms with Crippen LogP contribution in [0.5, 0.6) is 0 Å². The summed E-state index contributed by atoms with van der Waals surface area (Å²) < 4.78 is 14.7. The number of aromatic nitrogens is 3. The number of fused-ring (bicyclic) bond motifs is 1. The largest absolute Gasteiger partial charge is 0.365 e. The van der Waals surface area contributed by atoms with E-state index in [1.807, 2.05) is 66.4 Å². The zero-order chi connectivity index (χ0) is 27.1. The van der Waals surface area contributed by atoms with E-state index in [0.717, 1.165) is 40.8 Å². The van der Waals surface area contributed by atoms with Gasteiger partial charge in [0.1, 0.15) is 11.3 Å². The van der Waals surface area contributed by atoms with Gasteiger partial charge in [0.2, 0.25) is 0 Å². The van der Waals surface area contributed by atoms with Crippen molar-refractivity contribution in [3.8, 4) is 11.1 Å². The molecule has 1 aliphatic rings. The summed E-state index contributed by atoms with van der Waals surface area (Å²) in [6, 6.07) is 23.4. The average Bonchev–Trinajstić information content (AvgIpc) is 3.70. The van der Waals surface area contributed by atoms with Gasteiger partial charge in [0.15, 0.2) is 0 Å². The summed E-state index contributed by atoms with van der Waals surface area (Å²) in [6.45, 7) is 1.97. The molecule has 39 heavy (non-hydrogen) atoms. The lowest BCUT2D eigenvalue weighted by Crippen LogP contribution is -2.33. The zero-order valence-electron chi connectivity index (χ0n) is 21.3. The van der Waals surface area contributed by atoms with Crippen LogP contribution >= 0.6 is 0 Å². The highest BCUT2D eigenvalue weighted by Crippen LogP contribution is 2.34. The number of para-hydroxylation sites is 1. The summed E-state index contributed by atoms with van der Waals surface area (Å²) in [5, 5.41) is 8.94. The number of nitrogens with zero attached hydrogens (tertiary/aromatic N) is 4. The van der Waals surface area contributed by atoms with E-state index < -0.39 is 5.91 Å². The fourth-order valence-corrected chi connectivity index (χ4v) is 4.94. The number of nitrogens with two attached hydrogens (primary N) is 1. The Labute approximate surface area is 224 Å². The van der Waals surface area contributed by atoms with E-state index in [1.165, 1.54) is 16.8 Å². The van der Waals surface area contributed by atoms with Gasteiger partial charge in [-0.05, 0) is 78.9 Å². The van der Waals surface area contributed by atoms with Gasteiger partial charge in [-0.3, -0.25) is 9.59 Å². The van der Waals surface area contributed by atoms with E-state index in [9.17, 15) is 14.0 Å².